The molecule has 0 unspecified atom stereocenters. The molecule has 0 saturated carbocycles. The number of amides is 2. The molecular formula is C35H39N5O3. The van der Waals surface area contributed by atoms with Crippen LogP contribution in [-0.2, 0) is 40.2 Å². The van der Waals surface area contributed by atoms with Gasteiger partial charge in [-0.25, -0.2) is 4.98 Å². The van der Waals surface area contributed by atoms with Crippen LogP contribution in [0, 0.1) is 0 Å². The molecular weight excluding hydrogens is 538 g/mol. The smallest absolute Gasteiger partial charge is 0.224 e. The number of carbonyl (C=O) groups excluding carboxylic acids is 3. The molecule has 1 fully saturated rings. The van der Waals surface area contributed by atoms with E-state index in [9.17, 15) is 14.4 Å². The molecule has 0 spiro atoms. The van der Waals surface area contributed by atoms with Crippen molar-refractivity contribution >= 4 is 28.6 Å². The summed E-state index contributed by atoms with van der Waals surface area (Å²) in [7, 11) is 0. The number of nitrogens with zero attached hydrogens (tertiary/aromatic N) is 3. The first kappa shape index (κ1) is 28.8. The number of aromatic nitrogens is 2. The number of rotatable bonds is 9. The predicted octanol–water partition coefficient (Wildman–Crippen LogP) is 4.17. The second kappa shape index (κ2) is 12.5. The highest BCUT2D eigenvalue weighted by molar-refractivity contribution is 5.88. The van der Waals surface area contributed by atoms with E-state index in [1.165, 1.54) is 6.92 Å². The van der Waals surface area contributed by atoms with Gasteiger partial charge in [0, 0.05) is 64.3 Å². The number of para-hydroxylation sites is 2. The van der Waals surface area contributed by atoms with Crippen LogP contribution in [0.25, 0.3) is 22.2 Å². The number of imidazole rings is 1. The Bertz CT molecular complexity index is 1660. The molecule has 4 aromatic rings. The molecule has 8 nitrogen and oxygen atoms in total. The Hall–Kier alpha value is -4.30. The van der Waals surface area contributed by atoms with Gasteiger partial charge < -0.3 is 20.5 Å². The van der Waals surface area contributed by atoms with E-state index in [1.807, 2.05) is 23.1 Å². The molecule has 1 aromatic heterocycles. The summed E-state index contributed by atoms with van der Waals surface area (Å²) in [6, 6.07) is 22.4. The van der Waals surface area contributed by atoms with Gasteiger partial charge >= 0.3 is 0 Å². The van der Waals surface area contributed by atoms with E-state index in [-0.39, 0.29) is 29.6 Å². The zero-order chi connectivity index (χ0) is 29.9. The second-order valence-corrected chi connectivity index (χ2v) is 12.0. The summed E-state index contributed by atoms with van der Waals surface area (Å²) in [4.78, 5) is 43.6. The van der Waals surface area contributed by atoms with Crippen molar-refractivity contribution < 1.29 is 14.4 Å². The van der Waals surface area contributed by atoms with Crippen molar-refractivity contribution in [3.05, 3.63) is 89.2 Å². The number of piperidine rings is 1. The fraction of sp³-hybridized carbons (Fsp3) is 0.371. The minimum absolute atomic E-state index is 0.0505. The lowest BCUT2D eigenvalue weighted by Gasteiger charge is -2.33. The van der Waals surface area contributed by atoms with Crippen LogP contribution >= 0.6 is 0 Å². The Morgan fingerprint density at radius 2 is 1.79 bits per heavy atom. The highest BCUT2D eigenvalue weighted by Crippen LogP contribution is 2.30. The van der Waals surface area contributed by atoms with Crippen LogP contribution in [0.5, 0.6) is 0 Å². The third-order valence-electron chi connectivity index (χ3n) is 8.74. The maximum absolute atomic E-state index is 13.4. The molecule has 222 valence electrons. The summed E-state index contributed by atoms with van der Waals surface area (Å²) < 4.78 is 2.20. The molecule has 8 heteroatoms. The summed E-state index contributed by atoms with van der Waals surface area (Å²) in [6.07, 6.45) is 3.88. The standard InChI is InChI=1S/C35H39N5O3/c1-23(41)37-14-16-40-33-7-3-2-6-32(33)38-35(40)28-5-4-15-39(22-28)34(43)21-30(36)17-24-8-10-25(11-9-24)26-12-13-27-19-31(42)20-29(27)18-26/h2-3,6-13,18,28,30H,4-5,14-17,19-22,36H2,1H3,(H,37,41)/t28-,30-/m1/s1. The van der Waals surface area contributed by atoms with E-state index >= 15 is 0 Å². The molecule has 1 aliphatic heterocycles. The number of Topliss-reactive ketones (excluding diaryl/α,β-unsaturated/α-hetero) is 1. The molecule has 2 heterocycles. The SMILES string of the molecule is CC(=O)NCCn1c([C@@H]2CCCN(C(=O)C[C@H](N)Cc3ccc(-c4ccc5c(c4)CC(=O)C5)cc3)C2)nc2ccccc21. The Morgan fingerprint density at radius 1 is 1.02 bits per heavy atom. The lowest BCUT2D eigenvalue weighted by molar-refractivity contribution is -0.132. The molecule has 2 aliphatic rings. The van der Waals surface area contributed by atoms with Gasteiger partial charge in [0.05, 0.1) is 11.0 Å². The second-order valence-electron chi connectivity index (χ2n) is 12.0. The van der Waals surface area contributed by atoms with Crippen molar-refractivity contribution in [3.8, 4) is 11.1 Å². The minimum Gasteiger partial charge on any atom is -0.355 e. The van der Waals surface area contributed by atoms with Gasteiger partial charge in [0.25, 0.3) is 0 Å². The monoisotopic (exact) mass is 577 g/mol. The van der Waals surface area contributed by atoms with Crippen LogP contribution in [0.1, 0.15) is 54.6 Å². The van der Waals surface area contributed by atoms with E-state index in [0.717, 1.165) is 64.1 Å². The lowest BCUT2D eigenvalue weighted by atomic mass is 9.95. The molecule has 6 rings (SSSR count). The highest BCUT2D eigenvalue weighted by Gasteiger charge is 2.29. The average molecular weight is 578 g/mol. The first-order valence-electron chi connectivity index (χ1n) is 15.3. The molecule has 3 aromatic carbocycles. The largest absolute Gasteiger partial charge is 0.355 e. The van der Waals surface area contributed by atoms with Crippen LogP contribution in [0.4, 0.5) is 0 Å². The van der Waals surface area contributed by atoms with Crippen molar-refractivity contribution in [2.45, 2.75) is 64.0 Å². The Labute approximate surface area is 252 Å². The maximum atomic E-state index is 13.4. The average Bonchev–Trinajstić information content (AvgIpc) is 3.56. The lowest BCUT2D eigenvalue weighted by Crippen LogP contribution is -2.42. The quantitative estimate of drug-likeness (QED) is 0.310. The van der Waals surface area contributed by atoms with E-state index in [2.05, 4.69) is 58.4 Å². The van der Waals surface area contributed by atoms with Gasteiger partial charge in [-0.05, 0) is 59.2 Å². The van der Waals surface area contributed by atoms with Crippen LogP contribution in [-0.4, -0.2) is 57.7 Å². The Morgan fingerprint density at radius 3 is 2.60 bits per heavy atom. The number of fused-ring (bicyclic) bond motifs is 2. The summed E-state index contributed by atoms with van der Waals surface area (Å²) in [6.45, 7) is 4.04. The van der Waals surface area contributed by atoms with Crippen molar-refractivity contribution in [2.24, 2.45) is 5.73 Å². The fourth-order valence-corrected chi connectivity index (χ4v) is 6.59. The molecule has 2 amide bonds. The van der Waals surface area contributed by atoms with Crippen LogP contribution in [0.2, 0.25) is 0 Å². The maximum Gasteiger partial charge on any atom is 0.224 e. The first-order chi connectivity index (χ1) is 20.8. The molecule has 2 atom stereocenters. The molecule has 0 bridgehead atoms. The van der Waals surface area contributed by atoms with Crippen LogP contribution in [0.15, 0.2) is 66.7 Å². The number of nitrogens with one attached hydrogen (secondary N) is 1. The number of hydrogen-bond donors (Lipinski definition) is 2. The van der Waals surface area contributed by atoms with Gasteiger partial charge in [0.2, 0.25) is 11.8 Å². The van der Waals surface area contributed by atoms with Crippen molar-refractivity contribution in [1.29, 1.82) is 0 Å². The Kier molecular flexibility index (Phi) is 8.38. The van der Waals surface area contributed by atoms with Gasteiger partial charge in [0.15, 0.2) is 0 Å². The molecule has 0 radical (unpaired) electrons. The molecule has 1 aliphatic carbocycles. The number of ketones is 1. The topological polar surface area (TPSA) is 110 Å². The van der Waals surface area contributed by atoms with Crippen molar-refractivity contribution in [2.75, 3.05) is 19.6 Å². The first-order valence-corrected chi connectivity index (χ1v) is 15.3. The van der Waals surface area contributed by atoms with Gasteiger partial charge in [-0.2, -0.15) is 0 Å². The summed E-state index contributed by atoms with van der Waals surface area (Å²) in [5.41, 5.74) is 14.1. The Balaban J connectivity index is 1.07. The number of nitrogens with two attached hydrogens (primary N) is 1. The summed E-state index contributed by atoms with van der Waals surface area (Å²) in [5.74, 6) is 1.42. The number of carbonyl (C=O) groups is 3. The van der Waals surface area contributed by atoms with E-state index in [4.69, 9.17) is 10.7 Å². The molecule has 3 N–H and O–H groups in total. The molecule has 43 heavy (non-hydrogen) atoms. The molecule has 1 saturated heterocycles. The highest BCUT2D eigenvalue weighted by atomic mass is 16.2. The fourth-order valence-electron chi connectivity index (χ4n) is 6.59. The van der Waals surface area contributed by atoms with Crippen molar-refractivity contribution in [3.63, 3.8) is 0 Å². The van der Waals surface area contributed by atoms with Gasteiger partial charge in [-0.1, -0.05) is 54.6 Å². The van der Waals surface area contributed by atoms with E-state index in [1.54, 1.807) is 0 Å². The van der Waals surface area contributed by atoms with Crippen molar-refractivity contribution in [1.82, 2.24) is 19.8 Å². The van der Waals surface area contributed by atoms with Crippen LogP contribution < -0.4 is 11.1 Å². The number of benzene rings is 3. The zero-order valence-electron chi connectivity index (χ0n) is 24.7. The predicted molar refractivity (Wildman–Crippen MR) is 168 cm³/mol. The van der Waals surface area contributed by atoms with Gasteiger partial charge in [-0.3, -0.25) is 14.4 Å². The third-order valence-corrected chi connectivity index (χ3v) is 8.74. The summed E-state index contributed by atoms with van der Waals surface area (Å²) in [5, 5.41) is 2.89. The normalized spacial score (nSPS) is 17.2. The minimum atomic E-state index is -0.271. The van der Waals surface area contributed by atoms with Crippen LogP contribution in [0.3, 0.4) is 0 Å². The third kappa shape index (κ3) is 6.54. The van der Waals surface area contributed by atoms with Gasteiger partial charge in [0.1, 0.15) is 11.6 Å². The number of likely N-dealkylation sites (tertiary alicyclic amines) is 1. The number of hydrogen-bond acceptors (Lipinski definition) is 5. The van der Waals surface area contributed by atoms with E-state index in [0.29, 0.717) is 45.3 Å². The van der Waals surface area contributed by atoms with E-state index < -0.39 is 0 Å². The zero-order valence-corrected chi connectivity index (χ0v) is 24.7. The summed E-state index contributed by atoms with van der Waals surface area (Å²) >= 11 is 0. The van der Waals surface area contributed by atoms with Gasteiger partial charge in [-0.15, -0.1) is 0 Å².